The molecule has 2 heterocycles. The lowest BCUT2D eigenvalue weighted by molar-refractivity contribution is 0.102. The molecule has 1 N–H and O–H groups in total. The van der Waals surface area contributed by atoms with E-state index in [9.17, 15) is 4.79 Å². The Bertz CT molecular complexity index is 839. The molecular weight excluding hydrogens is 314 g/mol. The van der Waals surface area contributed by atoms with E-state index < -0.39 is 0 Å². The molecule has 1 aromatic carbocycles. The monoisotopic (exact) mass is 337 g/mol. The van der Waals surface area contributed by atoms with Crippen molar-refractivity contribution in [2.45, 2.75) is 20.4 Å². The number of anilines is 1. The molecule has 0 radical (unpaired) electrons. The van der Waals surface area contributed by atoms with Crippen LogP contribution in [0.15, 0.2) is 48.7 Å². The summed E-state index contributed by atoms with van der Waals surface area (Å²) >= 11 is 0. The van der Waals surface area contributed by atoms with Crippen LogP contribution in [-0.2, 0) is 6.54 Å². The Labute approximate surface area is 147 Å². The summed E-state index contributed by atoms with van der Waals surface area (Å²) in [6.07, 6.45) is 1.61. The number of carbonyl (C=O) groups excluding carboxylic acids is 1. The molecule has 130 valence electrons. The predicted octanol–water partition coefficient (Wildman–Crippen LogP) is 3.03. The molecule has 0 bridgehead atoms. The zero-order valence-corrected chi connectivity index (χ0v) is 14.6. The largest absolute Gasteiger partial charge is 0.309 e. The highest BCUT2D eigenvalue weighted by molar-refractivity contribution is 6.02. The maximum atomic E-state index is 12.5. The lowest BCUT2D eigenvalue weighted by atomic mass is 10.3. The molecule has 0 aliphatic carbocycles. The van der Waals surface area contributed by atoms with Crippen molar-refractivity contribution in [2.75, 3.05) is 25.0 Å². The summed E-state index contributed by atoms with van der Waals surface area (Å²) in [6, 6.07) is 13.2. The van der Waals surface area contributed by atoms with Gasteiger partial charge in [0, 0.05) is 19.3 Å². The Hall–Kier alpha value is -2.73. The van der Waals surface area contributed by atoms with Gasteiger partial charge in [-0.05, 0) is 37.4 Å². The standard InChI is InChI=1S/C19H23N5O/c1-3-23(4-2)13-14-24-17-11-6-5-9-15(17)21-19(24)22-18(25)16-10-7-8-12-20-16/h5-12H,3-4,13-14H2,1-2H3,(H,21,22,25). The number of benzene rings is 1. The Morgan fingerprint density at radius 2 is 1.88 bits per heavy atom. The molecular formula is C19H23N5O. The van der Waals surface area contributed by atoms with Crippen molar-refractivity contribution in [3.8, 4) is 0 Å². The average Bonchev–Trinajstić information content (AvgIpc) is 3.00. The maximum Gasteiger partial charge on any atom is 0.276 e. The number of nitrogens with one attached hydrogen (secondary N) is 1. The van der Waals surface area contributed by atoms with Crippen molar-refractivity contribution in [3.63, 3.8) is 0 Å². The van der Waals surface area contributed by atoms with E-state index in [1.54, 1.807) is 24.4 Å². The minimum Gasteiger partial charge on any atom is -0.309 e. The zero-order chi connectivity index (χ0) is 17.6. The molecule has 2 aromatic heterocycles. The smallest absolute Gasteiger partial charge is 0.276 e. The zero-order valence-electron chi connectivity index (χ0n) is 14.6. The summed E-state index contributed by atoms with van der Waals surface area (Å²) in [5.41, 5.74) is 2.27. The quantitative estimate of drug-likeness (QED) is 0.720. The molecule has 0 spiro atoms. The van der Waals surface area contributed by atoms with Crippen LogP contribution in [0.25, 0.3) is 11.0 Å². The summed E-state index contributed by atoms with van der Waals surface area (Å²) in [7, 11) is 0. The Morgan fingerprint density at radius 1 is 1.12 bits per heavy atom. The predicted molar refractivity (Wildman–Crippen MR) is 99.7 cm³/mol. The van der Waals surface area contributed by atoms with E-state index in [4.69, 9.17) is 0 Å². The fourth-order valence-electron chi connectivity index (χ4n) is 2.84. The Morgan fingerprint density at radius 3 is 2.60 bits per heavy atom. The van der Waals surface area contributed by atoms with Crippen LogP contribution in [-0.4, -0.2) is 45.0 Å². The number of imidazole rings is 1. The third-order valence-corrected chi connectivity index (χ3v) is 4.31. The number of hydrogen-bond acceptors (Lipinski definition) is 4. The molecule has 6 nitrogen and oxygen atoms in total. The van der Waals surface area contributed by atoms with Gasteiger partial charge in [0.2, 0.25) is 5.95 Å². The molecule has 0 saturated heterocycles. The highest BCUT2D eigenvalue weighted by atomic mass is 16.2. The number of likely N-dealkylation sites (N-methyl/N-ethyl adjacent to an activating group) is 1. The van der Waals surface area contributed by atoms with Crippen LogP contribution in [0.4, 0.5) is 5.95 Å². The Kier molecular flexibility index (Phi) is 5.40. The highest BCUT2D eigenvalue weighted by Gasteiger charge is 2.15. The lowest BCUT2D eigenvalue weighted by Gasteiger charge is -2.19. The summed E-state index contributed by atoms with van der Waals surface area (Å²) in [4.78, 5) is 23.5. The van der Waals surface area contributed by atoms with Crippen LogP contribution in [0, 0.1) is 0 Å². The SMILES string of the molecule is CCN(CC)CCn1c(NC(=O)c2ccccn2)nc2ccccc21. The van der Waals surface area contributed by atoms with E-state index in [1.807, 2.05) is 24.3 Å². The van der Waals surface area contributed by atoms with E-state index in [0.29, 0.717) is 11.6 Å². The van der Waals surface area contributed by atoms with Gasteiger partial charge in [-0.1, -0.05) is 32.0 Å². The second-order valence-corrected chi connectivity index (χ2v) is 5.77. The first kappa shape index (κ1) is 17.1. The van der Waals surface area contributed by atoms with Gasteiger partial charge in [0.15, 0.2) is 0 Å². The molecule has 6 heteroatoms. The van der Waals surface area contributed by atoms with Crippen LogP contribution in [0.1, 0.15) is 24.3 Å². The fraction of sp³-hybridized carbons (Fsp3) is 0.316. The normalized spacial score (nSPS) is 11.2. The second kappa shape index (κ2) is 7.90. The van der Waals surface area contributed by atoms with E-state index in [2.05, 4.69) is 38.6 Å². The molecule has 0 saturated carbocycles. The van der Waals surface area contributed by atoms with Crippen molar-refractivity contribution in [3.05, 3.63) is 54.4 Å². The maximum absolute atomic E-state index is 12.5. The van der Waals surface area contributed by atoms with E-state index in [1.165, 1.54) is 0 Å². The third-order valence-electron chi connectivity index (χ3n) is 4.31. The van der Waals surface area contributed by atoms with Crippen molar-refractivity contribution in [1.82, 2.24) is 19.4 Å². The van der Waals surface area contributed by atoms with Crippen LogP contribution < -0.4 is 5.32 Å². The summed E-state index contributed by atoms with van der Waals surface area (Å²) in [5.74, 6) is 0.309. The first-order valence-electron chi connectivity index (χ1n) is 8.63. The third kappa shape index (κ3) is 3.85. The van der Waals surface area contributed by atoms with Gasteiger partial charge in [0.1, 0.15) is 5.69 Å². The minimum absolute atomic E-state index is 0.250. The molecule has 3 aromatic rings. The molecule has 25 heavy (non-hydrogen) atoms. The summed E-state index contributed by atoms with van der Waals surface area (Å²) < 4.78 is 2.06. The first-order valence-corrected chi connectivity index (χ1v) is 8.63. The van der Waals surface area contributed by atoms with Crippen molar-refractivity contribution < 1.29 is 4.79 Å². The van der Waals surface area contributed by atoms with Gasteiger partial charge >= 0.3 is 0 Å². The van der Waals surface area contributed by atoms with E-state index >= 15 is 0 Å². The number of nitrogens with zero attached hydrogens (tertiary/aromatic N) is 4. The van der Waals surface area contributed by atoms with Gasteiger partial charge in [-0.2, -0.15) is 0 Å². The van der Waals surface area contributed by atoms with Gasteiger partial charge in [-0.25, -0.2) is 4.98 Å². The van der Waals surface area contributed by atoms with E-state index in [0.717, 1.165) is 37.2 Å². The average molecular weight is 337 g/mol. The number of para-hydroxylation sites is 2. The topological polar surface area (TPSA) is 63.0 Å². The summed E-state index contributed by atoms with van der Waals surface area (Å²) in [6.45, 7) is 7.97. The number of hydrogen-bond donors (Lipinski definition) is 1. The second-order valence-electron chi connectivity index (χ2n) is 5.77. The van der Waals surface area contributed by atoms with Crippen LogP contribution in [0.2, 0.25) is 0 Å². The molecule has 1 amide bonds. The fourth-order valence-corrected chi connectivity index (χ4v) is 2.84. The van der Waals surface area contributed by atoms with Gasteiger partial charge in [0.25, 0.3) is 5.91 Å². The van der Waals surface area contributed by atoms with E-state index in [-0.39, 0.29) is 5.91 Å². The van der Waals surface area contributed by atoms with Gasteiger partial charge < -0.3 is 9.47 Å². The van der Waals surface area contributed by atoms with Gasteiger partial charge in [0.05, 0.1) is 11.0 Å². The van der Waals surface area contributed by atoms with Crippen LogP contribution in [0.5, 0.6) is 0 Å². The minimum atomic E-state index is -0.250. The number of amides is 1. The number of pyridine rings is 1. The van der Waals surface area contributed by atoms with Crippen LogP contribution in [0.3, 0.4) is 0 Å². The number of carbonyl (C=O) groups is 1. The number of aromatic nitrogens is 3. The van der Waals surface area contributed by atoms with Crippen molar-refractivity contribution in [2.24, 2.45) is 0 Å². The lowest BCUT2D eigenvalue weighted by Crippen LogP contribution is -2.27. The molecule has 3 rings (SSSR count). The van der Waals surface area contributed by atoms with Crippen molar-refractivity contribution >= 4 is 22.9 Å². The molecule has 0 aliphatic rings. The summed E-state index contributed by atoms with van der Waals surface area (Å²) in [5, 5.41) is 2.91. The molecule has 0 atom stereocenters. The number of rotatable bonds is 7. The number of fused-ring (bicyclic) bond motifs is 1. The first-order chi connectivity index (χ1) is 12.2. The molecule has 0 fully saturated rings. The molecule has 0 aliphatic heterocycles. The Balaban J connectivity index is 1.88. The highest BCUT2D eigenvalue weighted by Crippen LogP contribution is 2.20. The van der Waals surface area contributed by atoms with Crippen LogP contribution >= 0.6 is 0 Å². The van der Waals surface area contributed by atoms with Crippen molar-refractivity contribution in [1.29, 1.82) is 0 Å². The van der Waals surface area contributed by atoms with Gasteiger partial charge in [-0.3, -0.25) is 15.1 Å². The van der Waals surface area contributed by atoms with Gasteiger partial charge in [-0.15, -0.1) is 0 Å². The molecule has 0 unspecified atom stereocenters.